The number of fused-ring (bicyclic) bond motifs is 1. The van der Waals surface area contributed by atoms with Crippen molar-refractivity contribution in [1.29, 1.82) is 0 Å². The molecule has 1 aliphatic heterocycles. The van der Waals surface area contributed by atoms with Crippen molar-refractivity contribution >= 4 is 34.3 Å². The van der Waals surface area contributed by atoms with Gasteiger partial charge in [-0.1, -0.05) is 30.3 Å². The quantitative estimate of drug-likeness (QED) is 0.511. The van der Waals surface area contributed by atoms with E-state index < -0.39 is 18.4 Å². The van der Waals surface area contributed by atoms with Gasteiger partial charge in [-0.05, 0) is 30.7 Å². The van der Waals surface area contributed by atoms with E-state index in [0.29, 0.717) is 24.2 Å². The van der Waals surface area contributed by atoms with Gasteiger partial charge in [-0.15, -0.1) is 0 Å². The fraction of sp³-hybridized carbons (Fsp3) is 0.190. The van der Waals surface area contributed by atoms with Crippen molar-refractivity contribution in [2.75, 3.05) is 18.1 Å². The molecule has 0 saturated carbocycles. The molecule has 0 unspecified atom stereocenters. The first-order valence-electron chi connectivity index (χ1n) is 8.72. The minimum absolute atomic E-state index is 0.0198. The Morgan fingerprint density at radius 1 is 1.07 bits per heavy atom. The summed E-state index contributed by atoms with van der Waals surface area (Å²) in [6, 6.07) is 15.7. The van der Waals surface area contributed by atoms with Crippen molar-refractivity contribution in [1.82, 2.24) is 0 Å². The predicted octanol–water partition coefficient (Wildman–Crippen LogP) is 3.60. The molecule has 1 fully saturated rings. The second kappa shape index (κ2) is 7.07. The summed E-state index contributed by atoms with van der Waals surface area (Å²) in [7, 11) is 0. The number of ether oxygens (including phenoxy) is 1. The van der Waals surface area contributed by atoms with E-state index in [2.05, 4.69) is 0 Å². The highest BCUT2D eigenvalue weighted by Crippen LogP contribution is 2.26. The van der Waals surface area contributed by atoms with Crippen molar-refractivity contribution in [3.63, 3.8) is 0 Å². The number of rotatable bonds is 5. The zero-order valence-corrected chi connectivity index (χ0v) is 14.5. The highest BCUT2D eigenvalue weighted by molar-refractivity contribution is 6.05. The number of Topliss-reactive ketones (excluding diaryl/α,β-unsaturated/α-hetero) is 1. The van der Waals surface area contributed by atoms with E-state index in [0.717, 1.165) is 11.8 Å². The third-order valence-electron chi connectivity index (χ3n) is 4.52. The van der Waals surface area contributed by atoms with E-state index in [-0.39, 0.29) is 17.2 Å². The second-order valence-corrected chi connectivity index (χ2v) is 6.31. The molecule has 1 saturated heterocycles. The van der Waals surface area contributed by atoms with E-state index in [9.17, 15) is 14.4 Å². The Labute approximate surface area is 155 Å². The maximum Gasteiger partial charge on any atom is 0.340 e. The van der Waals surface area contributed by atoms with Gasteiger partial charge < -0.3 is 14.1 Å². The molecule has 3 aromatic rings. The molecule has 6 nitrogen and oxygen atoms in total. The molecule has 136 valence electrons. The predicted molar refractivity (Wildman–Crippen MR) is 98.9 cm³/mol. The van der Waals surface area contributed by atoms with Crippen LogP contribution in [0.2, 0.25) is 0 Å². The Kier molecular flexibility index (Phi) is 4.46. The molecule has 2 aromatic carbocycles. The van der Waals surface area contributed by atoms with Crippen molar-refractivity contribution < 1.29 is 23.5 Å². The van der Waals surface area contributed by atoms with Crippen LogP contribution in [0.1, 0.15) is 33.8 Å². The Bertz CT molecular complexity index is 1000. The molecule has 1 amide bonds. The van der Waals surface area contributed by atoms with Crippen molar-refractivity contribution in [2.45, 2.75) is 12.8 Å². The van der Waals surface area contributed by atoms with E-state index >= 15 is 0 Å². The van der Waals surface area contributed by atoms with Crippen molar-refractivity contribution in [2.24, 2.45) is 0 Å². The first kappa shape index (κ1) is 17.0. The summed E-state index contributed by atoms with van der Waals surface area (Å²) in [5.74, 6) is -0.940. The third-order valence-corrected chi connectivity index (χ3v) is 4.52. The average molecular weight is 363 g/mol. The standard InChI is InChI=1S/C21H17NO5/c23-17(19-12-14-6-1-4-9-18(14)27-19)13-26-21(25)15-7-2-3-8-16(15)22-11-5-10-20(22)24/h1-4,6-9,12H,5,10-11,13H2. The summed E-state index contributed by atoms with van der Waals surface area (Å²) in [5, 5.41) is 0.810. The van der Waals surface area contributed by atoms with E-state index in [1.165, 1.54) is 0 Å². The highest BCUT2D eigenvalue weighted by Gasteiger charge is 2.26. The number of furan rings is 1. The number of esters is 1. The summed E-state index contributed by atoms with van der Waals surface area (Å²) in [6.45, 7) is 0.141. The molecular weight excluding hydrogens is 346 g/mol. The lowest BCUT2D eigenvalue weighted by molar-refractivity contribution is -0.117. The van der Waals surface area contributed by atoms with Crippen molar-refractivity contribution in [3.8, 4) is 0 Å². The van der Waals surface area contributed by atoms with Crippen LogP contribution in [0, 0.1) is 0 Å². The largest absolute Gasteiger partial charge is 0.453 e. The average Bonchev–Trinajstić information content (AvgIpc) is 3.31. The molecule has 27 heavy (non-hydrogen) atoms. The zero-order chi connectivity index (χ0) is 18.8. The van der Waals surface area contributed by atoms with E-state index in [4.69, 9.17) is 9.15 Å². The van der Waals surface area contributed by atoms with Gasteiger partial charge in [0, 0.05) is 18.4 Å². The number of hydrogen-bond donors (Lipinski definition) is 0. The first-order valence-corrected chi connectivity index (χ1v) is 8.72. The summed E-state index contributed by atoms with van der Waals surface area (Å²) in [6.07, 6.45) is 1.22. The molecule has 0 spiro atoms. The van der Waals surface area contributed by atoms with Crippen LogP contribution >= 0.6 is 0 Å². The van der Waals surface area contributed by atoms with Crippen LogP contribution in [0.3, 0.4) is 0 Å². The monoisotopic (exact) mass is 363 g/mol. The maximum absolute atomic E-state index is 12.5. The maximum atomic E-state index is 12.5. The number of benzene rings is 2. The fourth-order valence-electron chi connectivity index (χ4n) is 3.18. The minimum atomic E-state index is -0.644. The topological polar surface area (TPSA) is 76.8 Å². The van der Waals surface area contributed by atoms with Crippen molar-refractivity contribution in [3.05, 3.63) is 65.9 Å². The number of amides is 1. The van der Waals surface area contributed by atoms with Gasteiger partial charge in [0.25, 0.3) is 0 Å². The van der Waals surface area contributed by atoms with Crippen LogP contribution in [0.15, 0.2) is 59.0 Å². The number of para-hydroxylation sites is 2. The van der Waals surface area contributed by atoms with Gasteiger partial charge in [0.2, 0.25) is 11.7 Å². The SMILES string of the molecule is O=C(COC(=O)c1ccccc1N1CCCC1=O)c1cc2ccccc2o1. The lowest BCUT2D eigenvalue weighted by Gasteiger charge is -2.18. The molecule has 0 N–H and O–H groups in total. The number of hydrogen-bond acceptors (Lipinski definition) is 5. The van der Waals surface area contributed by atoms with Crippen LogP contribution in [-0.4, -0.2) is 30.8 Å². The van der Waals surface area contributed by atoms with Gasteiger partial charge in [0.1, 0.15) is 5.58 Å². The van der Waals surface area contributed by atoms with Gasteiger partial charge in [-0.2, -0.15) is 0 Å². The molecule has 0 bridgehead atoms. The number of carbonyl (C=O) groups is 3. The molecule has 0 radical (unpaired) electrons. The normalized spacial score (nSPS) is 13.9. The van der Waals surface area contributed by atoms with Gasteiger partial charge in [-0.25, -0.2) is 4.79 Å². The Morgan fingerprint density at radius 3 is 2.63 bits per heavy atom. The summed E-state index contributed by atoms with van der Waals surface area (Å²) < 4.78 is 10.7. The third kappa shape index (κ3) is 3.33. The van der Waals surface area contributed by atoms with Crippen LogP contribution in [0.5, 0.6) is 0 Å². The molecule has 2 heterocycles. The highest BCUT2D eigenvalue weighted by atomic mass is 16.5. The smallest absolute Gasteiger partial charge is 0.340 e. The first-order chi connectivity index (χ1) is 13.1. The molecule has 6 heteroatoms. The minimum Gasteiger partial charge on any atom is -0.453 e. The number of anilines is 1. The Morgan fingerprint density at radius 2 is 1.85 bits per heavy atom. The molecule has 0 atom stereocenters. The lowest BCUT2D eigenvalue weighted by Crippen LogP contribution is -2.26. The summed E-state index contributed by atoms with van der Waals surface area (Å²) >= 11 is 0. The van der Waals surface area contributed by atoms with Gasteiger partial charge in [0.15, 0.2) is 12.4 Å². The molecule has 4 rings (SSSR count). The Balaban J connectivity index is 1.48. The van der Waals surface area contributed by atoms with Crippen LogP contribution in [-0.2, 0) is 9.53 Å². The second-order valence-electron chi connectivity index (χ2n) is 6.31. The number of nitrogens with zero attached hydrogens (tertiary/aromatic N) is 1. The van der Waals surface area contributed by atoms with E-state index in [1.54, 1.807) is 41.3 Å². The number of carbonyl (C=O) groups excluding carboxylic acids is 3. The zero-order valence-electron chi connectivity index (χ0n) is 14.5. The van der Waals surface area contributed by atoms with Gasteiger partial charge in [0.05, 0.1) is 11.3 Å². The molecular formula is C21H17NO5. The molecule has 1 aliphatic rings. The van der Waals surface area contributed by atoms with Crippen LogP contribution in [0.25, 0.3) is 11.0 Å². The van der Waals surface area contributed by atoms with Crippen LogP contribution in [0.4, 0.5) is 5.69 Å². The fourth-order valence-corrected chi connectivity index (χ4v) is 3.18. The lowest BCUT2D eigenvalue weighted by atomic mass is 10.1. The number of ketones is 1. The summed E-state index contributed by atoms with van der Waals surface area (Å²) in [5.41, 5.74) is 1.39. The van der Waals surface area contributed by atoms with Gasteiger partial charge in [-0.3, -0.25) is 9.59 Å². The van der Waals surface area contributed by atoms with E-state index in [1.807, 2.05) is 18.2 Å². The van der Waals surface area contributed by atoms with Gasteiger partial charge >= 0.3 is 5.97 Å². The molecule has 0 aliphatic carbocycles. The summed E-state index contributed by atoms with van der Waals surface area (Å²) in [4.78, 5) is 38.4. The molecule has 1 aromatic heterocycles. The Hall–Kier alpha value is -3.41. The van der Waals surface area contributed by atoms with Crippen LogP contribution < -0.4 is 4.90 Å².